The number of hydrogen-bond donors (Lipinski definition) is 0. The third kappa shape index (κ3) is 3.63. The molecule has 2 aromatic rings. The molecule has 144 valence electrons. The third-order valence-electron chi connectivity index (χ3n) is 5.64. The molecule has 1 atom stereocenters. The average Bonchev–Trinajstić information content (AvgIpc) is 3.28. The first kappa shape index (κ1) is 18.2. The molecule has 0 bridgehead atoms. The van der Waals surface area contributed by atoms with Gasteiger partial charge in [-0.15, -0.1) is 0 Å². The lowest BCUT2D eigenvalue weighted by Gasteiger charge is -2.34. The Morgan fingerprint density at radius 1 is 1.15 bits per heavy atom. The number of carbonyl (C=O) groups is 1. The van der Waals surface area contributed by atoms with Gasteiger partial charge in [0.25, 0.3) is 5.56 Å². The summed E-state index contributed by atoms with van der Waals surface area (Å²) in [5.74, 6) is -0.0330. The molecule has 0 spiro atoms. The third-order valence-corrected chi connectivity index (χ3v) is 7.40. The van der Waals surface area contributed by atoms with Crippen molar-refractivity contribution in [1.82, 2.24) is 14.5 Å². The normalized spacial score (nSPS) is 22.3. The molecule has 1 aliphatic heterocycles. The first-order valence-electron chi connectivity index (χ1n) is 9.40. The predicted molar refractivity (Wildman–Crippen MR) is 102 cm³/mol. The summed E-state index contributed by atoms with van der Waals surface area (Å²) < 4.78 is 25.2. The highest BCUT2D eigenvalue weighted by atomic mass is 32.2. The van der Waals surface area contributed by atoms with Crippen LogP contribution in [0.4, 0.5) is 0 Å². The van der Waals surface area contributed by atoms with Gasteiger partial charge in [0.05, 0.1) is 28.7 Å². The lowest BCUT2D eigenvalue weighted by molar-refractivity contribution is -0.136. The van der Waals surface area contributed by atoms with E-state index in [1.807, 2.05) is 6.07 Å². The van der Waals surface area contributed by atoms with Crippen LogP contribution in [0.2, 0.25) is 0 Å². The highest BCUT2D eigenvalue weighted by molar-refractivity contribution is 7.91. The summed E-state index contributed by atoms with van der Waals surface area (Å²) in [7, 11) is -3.09. The predicted octanol–water partition coefficient (Wildman–Crippen LogP) is 1.35. The van der Waals surface area contributed by atoms with Crippen LogP contribution in [0.3, 0.4) is 0 Å². The highest BCUT2D eigenvalue weighted by Gasteiger charge is 2.39. The number of amides is 1. The molecule has 2 fully saturated rings. The maximum absolute atomic E-state index is 13.1. The number of sulfone groups is 1. The number of rotatable bonds is 4. The Hall–Kier alpha value is -2.22. The molecule has 4 rings (SSSR count). The molecular formula is C19H23N3O4S. The molecule has 0 radical (unpaired) electrons. The van der Waals surface area contributed by atoms with Crippen molar-refractivity contribution in [2.75, 3.05) is 11.5 Å². The van der Waals surface area contributed by atoms with Crippen LogP contribution in [0, 0.1) is 0 Å². The summed E-state index contributed by atoms with van der Waals surface area (Å²) in [6.45, 7) is -0.107. The van der Waals surface area contributed by atoms with Crippen LogP contribution in [0.15, 0.2) is 35.4 Å². The molecule has 2 aliphatic rings. The molecule has 1 amide bonds. The van der Waals surface area contributed by atoms with Gasteiger partial charge in [-0.25, -0.2) is 13.4 Å². The highest BCUT2D eigenvalue weighted by Crippen LogP contribution is 2.29. The van der Waals surface area contributed by atoms with Crippen molar-refractivity contribution in [2.45, 2.75) is 50.7 Å². The summed E-state index contributed by atoms with van der Waals surface area (Å²) in [4.78, 5) is 31.9. The van der Waals surface area contributed by atoms with Gasteiger partial charge in [0, 0.05) is 12.1 Å². The second kappa shape index (κ2) is 7.07. The Bertz CT molecular complexity index is 1020. The van der Waals surface area contributed by atoms with Crippen molar-refractivity contribution in [3.63, 3.8) is 0 Å². The molecule has 27 heavy (non-hydrogen) atoms. The zero-order valence-electron chi connectivity index (χ0n) is 15.1. The smallest absolute Gasteiger partial charge is 0.261 e. The summed E-state index contributed by atoms with van der Waals surface area (Å²) in [6.07, 6.45) is 5.77. The molecule has 1 aliphatic carbocycles. The van der Waals surface area contributed by atoms with E-state index in [9.17, 15) is 18.0 Å². The molecule has 1 saturated heterocycles. The van der Waals surface area contributed by atoms with Gasteiger partial charge in [0.15, 0.2) is 9.84 Å². The number of hydrogen-bond acceptors (Lipinski definition) is 5. The van der Waals surface area contributed by atoms with Crippen molar-refractivity contribution >= 4 is 26.6 Å². The maximum atomic E-state index is 13.1. The largest absolute Gasteiger partial charge is 0.334 e. The Morgan fingerprint density at radius 3 is 2.59 bits per heavy atom. The van der Waals surface area contributed by atoms with Gasteiger partial charge in [0.1, 0.15) is 6.54 Å². The fourth-order valence-corrected chi connectivity index (χ4v) is 6.04. The summed E-state index contributed by atoms with van der Waals surface area (Å²) in [6, 6.07) is 6.83. The summed E-state index contributed by atoms with van der Waals surface area (Å²) in [5, 5.41) is 0.476. The van der Waals surface area contributed by atoms with E-state index in [2.05, 4.69) is 4.98 Å². The Morgan fingerprint density at radius 2 is 1.89 bits per heavy atom. The first-order valence-corrected chi connectivity index (χ1v) is 11.2. The van der Waals surface area contributed by atoms with Crippen molar-refractivity contribution in [1.29, 1.82) is 0 Å². The van der Waals surface area contributed by atoms with E-state index in [4.69, 9.17) is 0 Å². The topological polar surface area (TPSA) is 89.3 Å². The SMILES string of the molecule is O=C(Cn1cnc2ccccc2c1=O)N(C1CCCC1)[C@@H]1CCS(=O)(=O)C1. The molecular weight excluding hydrogens is 366 g/mol. The van der Waals surface area contributed by atoms with E-state index in [1.54, 1.807) is 23.1 Å². The van der Waals surface area contributed by atoms with Crippen molar-refractivity contribution < 1.29 is 13.2 Å². The van der Waals surface area contributed by atoms with Crippen LogP contribution >= 0.6 is 0 Å². The maximum Gasteiger partial charge on any atom is 0.261 e. The molecule has 0 N–H and O–H groups in total. The van der Waals surface area contributed by atoms with Gasteiger partial charge in [-0.2, -0.15) is 0 Å². The summed E-state index contributed by atoms with van der Waals surface area (Å²) in [5.41, 5.74) is 0.347. The first-order chi connectivity index (χ1) is 12.9. The minimum atomic E-state index is -3.09. The van der Waals surface area contributed by atoms with Gasteiger partial charge in [0.2, 0.25) is 5.91 Å². The fraction of sp³-hybridized carbons (Fsp3) is 0.526. The number of benzene rings is 1. The number of nitrogens with zero attached hydrogens (tertiary/aromatic N) is 3. The monoisotopic (exact) mass is 389 g/mol. The van der Waals surface area contributed by atoms with E-state index in [0.29, 0.717) is 17.3 Å². The van der Waals surface area contributed by atoms with E-state index in [-0.39, 0.29) is 41.6 Å². The van der Waals surface area contributed by atoms with Crippen molar-refractivity contribution in [3.8, 4) is 0 Å². The number of carbonyl (C=O) groups excluding carboxylic acids is 1. The van der Waals surface area contributed by atoms with Gasteiger partial charge >= 0.3 is 0 Å². The molecule has 2 heterocycles. The van der Waals surface area contributed by atoms with Crippen LogP contribution in [0.1, 0.15) is 32.1 Å². The second-order valence-electron chi connectivity index (χ2n) is 7.49. The standard InChI is InChI=1S/C19H23N3O4S/c23-18(11-21-13-20-17-8-4-3-7-16(17)19(21)24)22(14-5-1-2-6-14)15-9-10-27(25,26)12-15/h3-4,7-8,13-15H,1-2,5-6,9-12H2/t15-/m1/s1. The molecule has 0 unspecified atom stereocenters. The van der Waals surface area contributed by atoms with E-state index >= 15 is 0 Å². The Labute approximate surface area is 157 Å². The Balaban J connectivity index is 1.62. The van der Waals surface area contributed by atoms with Gasteiger partial charge < -0.3 is 4.90 Å². The molecule has 8 heteroatoms. The van der Waals surface area contributed by atoms with Gasteiger partial charge in [-0.3, -0.25) is 14.2 Å². The van der Waals surface area contributed by atoms with Crippen LogP contribution in [0.25, 0.3) is 10.9 Å². The molecule has 1 aromatic carbocycles. The second-order valence-corrected chi connectivity index (χ2v) is 9.72. The van der Waals surface area contributed by atoms with Crippen LogP contribution < -0.4 is 5.56 Å². The summed E-state index contributed by atoms with van der Waals surface area (Å²) >= 11 is 0. The lowest BCUT2D eigenvalue weighted by atomic mass is 10.1. The van der Waals surface area contributed by atoms with E-state index in [0.717, 1.165) is 25.7 Å². The van der Waals surface area contributed by atoms with Crippen LogP contribution in [-0.2, 0) is 21.2 Å². The molecule has 1 saturated carbocycles. The number of fused-ring (bicyclic) bond motifs is 1. The average molecular weight is 389 g/mol. The lowest BCUT2D eigenvalue weighted by Crippen LogP contribution is -2.49. The Kier molecular flexibility index (Phi) is 4.75. The minimum absolute atomic E-state index is 0.0279. The van der Waals surface area contributed by atoms with Crippen LogP contribution in [0.5, 0.6) is 0 Å². The van der Waals surface area contributed by atoms with E-state index < -0.39 is 9.84 Å². The van der Waals surface area contributed by atoms with Crippen LogP contribution in [-0.4, -0.2) is 52.4 Å². The molecule has 1 aromatic heterocycles. The zero-order valence-corrected chi connectivity index (χ0v) is 15.9. The fourth-order valence-electron chi connectivity index (χ4n) is 4.33. The number of para-hydroxylation sites is 1. The van der Waals surface area contributed by atoms with Gasteiger partial charge in [-0.05, 0) is 31.4 Å². The van der Waals surface area contributed by atoms with Crippen molar-refractivity contribution in [3.05, 3.63) is 40.9 Å². The van der Waals surface area contributed by atoms with Gasteiger partial charge in [-0.1, -0.05) is 25.0 Å². The minimum Gasteiger partial charge on any atom is -0.334 e. The number of aromatic nitrogens is 2. The van der Waals surface area contributed by atoms with E-state index in [1.165, 1.54) is 10.9 Å². The zero-order chi connectivity index (χ0) is 19.0. The molecule has 7 nitrogen and oxygen atoms in total. The quantitative estimate of drug-likeness (QED) is 0.788. The van der Waals surface area contributed by atoms with Crippen molar-refractivity contribution in [2.24, 2.45) is 0 Å².